The van der Waals surface area contributed by atoms with Gasteiger partial charge in [0, 0.05) is 23.7 Å². The number of nitrogens with zero attached hydrogens (tertiary/aromatic N) is 2. The van der Waals surface area contributed by atoms with Crippen molar-refractivity contribution in [3.05, 3.63) is 71.5 Å². The molecule has 0 bridgehead atoms. The van der Waals surface area contributed by atoms with Gasteiger partial charge >= 0.3 is 5.97 Å². The van der Waals surface area contributed by atoms with Crippen molar-refractivity contribution < 1.29 is 9.90 Å². The maximum absolute atomic E-state index is 11.5. The van der Waals surface area contributed by atoms with Gasteiger partial charge in [0.05, 0.1) is 11.6 Å². The van der Waals surface area contributed by atoms with Crippen molar-refractivity contribution in [2.24, 2.45) is 0 Å². The van der Waals surface area contributed by atoms with Crippen molar-refractivity contribution in [1.82, 2.24) is 4.98 Å². The molecule has 0 aliphatic rings. The quantitative estimate of drug-likeness (QED) is 0.669. The Morgan fingerprint density at radius 2 is 1.88 bits per heavy atom. The summed E-state index contributed by atoms with van der Waals surface area (Å²) in [4.78, 5) is 16.6. The zero-order chi connectivity index (χ0) is 18.7. The highest BCUT2D eigenvalue weighted by Crippen LogP contribution is 2.36. The Balaban J connectivity index is 2.02. The molecule has 0 fully saturated rings. The van der Waals surface area contributed by atoms with E-state index in [4.69, 9.17) is 0 Å². The zero-order valence-corrected chi connectivity index (χ0v) is 15.4. The number of aliphatic carboxylic acids is 1. The summed E-state index contributed by atoms with van der Waals surface area (Å²) in [5, 5.41) is 20.7. The number of benzene rings is 2. The first kappa shape index (κ1) is 18.0. The molecule has 5 heteroatoms. The van der Waals surface area contributed by atoms with Crippen molar-refractivity contribution in [2.45, 2.75) is 29.9 Å². The van der Waals surface area contributed by atoms with Crippen LogP contribution in [0.25, 0.3) is 10.8 Å². The molecule has 3 aromatic rings. The molecule has 0 saturated heterocycles. The van der Waals surface area contributed by atoms with Gasteiger partial charge in [-0.1, -0.05) is 30.3 Å². The number of nitriles is 1. The smallest absolute Gasteiger partial charge is 0.319 e. The molecule has 0 aliphatic heterocycles. The number of fused-ring (bicyclic) bond motifs is 1. The fourth-order valence-corrected chi connectivity index (χ4v) is 3.81. The van der Waals surface area contributed by atoms with Gasteiger partial charge < -0.3 is 5.11 Å². The van der Waals surface area contributed by atoms with E-state index in [0.717, 1.165) is 26.8 Å². The molecule has 26 heavy (non-hydrogen) atoms. The summed E-state index contributed by atoms with van der Waals surface area (Å²) in [6.07, 6.45) is 4.09. The van der Waals surface area contributed by atoms with Gasteiger partial charge in [0.15, 0.2) is 0 Å². The highest BCUT2D eigenvalue weighted by molar-refractivity contribution is 8.01. The van der Waals surface area contributed by atoms with Gasteiger partial charge in [0.2, 0.25) is 0 Å². The molecule has 0 amide bonds. The van der Waals surface area contributed by atoms with Crippen LogP contribution in [-0.4, -0.2) is 20.8 Å². The molecule has 0 radical (unpaired) electrons. The second-order valence-corrected chi connectivity index (χ2v) is 8.17. The fraction of sp³-hybridized carbons (Fsp3) is 0.190. The topological polar surface area (TPSA) is 74.0 Å². The lowest BCUT2D eigenvalue weighted by Crippen LogP contribution is -2.27. The molecule has 0 aliphatic carbocycles. The van der Waals surface area contributed by atoms with Crippen molar-refractivity contribution in [3.8, 4) is 6.07 Å². The number of pyridine rings is 1. The molecule has 130 valence electrons. The normalized spacial score (nSPS) is 11.3. The van der Waals surface area contributed by atoms with Crippen molar-refractivity contribution in [3.63, 3.8) is 0 Å². The number of hydrogen-bond donors (Lipinski definition) is 1. The summed E-state index contributed by atoms with van der Waals surface area (Å²) >= 11 is 1.32. The number of hydrogen-bond acceptors (Lipinski definition) is 4. The first-order valence-electron chi connectivity index (χ1n) is 8.18. The van der Waals surface area contributed by atoms with E-state index in [9.17, 15) is 15.2 Å². The Morgan fingerprint density at radius 3 is 2.58 bits per heavy atom. The van der Waals surface area contributed by atoms with Crippen LogP contribution in [0, 0.1) is 11.3 Å². The third kappa shape index (κ3) is 3.56. The summed E-state index contributed by atoms with van der Waals surface area (Å²) < 4.78 is -0.928. The van der Waals surface area contributed by atoms with Gasteiger partial charge in [-0.3, -0.25) is 9.78 Å². The molecule has 2 aromatic carbocycles. The third-order valence-corrected chi connectivity index (χ3v) is 5.56. The minimum Gasteiger partial charge on any atom is -0.480 e. The lowest BCUT2D eigenvalue weighted by atomic mass is 9.96. The summed E-state index contributed by atoms with van der Waals surface area (Å²) in [5.41, 5.74) is 2.71. The van der Waals surface area contributed by atoms with Crippen LogP contribution in [0.4, 0.5) is 0 Å². The summed E-state index contributed by atoms with van der Waals surface area (Å²) in [7, 11) is 0. The zero-order valence-electron chi connectivity index (χ0n) is 14.6. The average Bonchev–Trinajstić information content (AvgIpc) is 2.63. The van der Waals surface area contributed by atoms with Crippen LogP contribution in [-0.2, 0) is 11.2 Å². The SMILES string of the molecule is CC(C)(Sc1ccncc1Cc1ccc(C#N)c2ccccc12)C(=O)O. The first-order valence-corrected chi connectivity index (χ1v) is 9.00. The molecular formula is C21H18N2O2S. The monoisotopic (exact) mass is 362 g/mol. The van der Waals surface area contributed by atoms with Gasteiger partial charge in [-0.25, -0.2) is 0 Å². The molecule has 4 nitrogen and oxygen atoms in total. The predicted octanol–water partition coefficient (Wildman–Crippen LogP) is 4.65. The van der Waals surface area contributed by atoms with Crippen LogP contribution in [0.15, 0.2) is 59.8 Å². The number of thioether (sulfide) groups is 1. The van der Waals surface area contributed by atoms with Gasteiger partial charge in [-0.05, 0) is 47.9 Å². The number of carboxylic acids is 1. The highest BCUT2D eigenvalue weighted by atomic mass is 32.2. The second-order valence-electron chi connectivity index (χ2n) is 6.51. The summed E-state index contributed by atoms with van der Waals surface area (Å²) in [5.74, 6) is -0.853. The molecule has 1 heterocycles. The Hall–Kier alpha value is -2.84. The van der Waals surface area contributed by atoms with Crippen LogP contribution in [0.3, 0.4) is 0 Å². The van der Waals surface area contributed by atoms with Gasteiger partial charge in [-0.15, -0.1) is 11.8 Å². The Kier molecular flexibility index (Phi) is 4.97. The van der Waals surface area contributed by atoms with E-state index in [-0.39, 0.29) is 0 Å². The maximum Gasteiger partial charge on any atom is 0.319 e. The average molecular weight is 362 g/mol. The second kappa shape index (κ2) is 7.19. The minimum absolute atomic E-state index is 0.623. The van der Waals surface area contributed by atoms with E-state index in [1.165, 1.54) is 11.8 Å². The molecule has 0 spiro atoms. The first-order chi connectivity index (χ1) is 12.4. The lowest BCUT2D eigenvalue weighted by Gasteiger charge is -2.20. The Morgan fingerprint density at radius 1 is 1.15 bits per heavy atom. The minimum atomic E-state index is -0.928. The molecule has 3 rings (SSSR count). The van der Waals surface area contributed by atoms with Crippen LogP contribution in [0.5, 0.6) is 0 Å². The van der Waals surface area contributed by atoms with Crippen LogP contribution in [0.1, 0.15) is 30.5 Å². The number of aromatic nitrogens is 1. The Labute approximate surface area is 156 Å². The largest absolute Gasteiger partial charge is 0.480 e. The van der Waals surface area contributed by atoms with Crippen LogP contribution < -0.4 is 0 Å². The summed E-state index contributed by atoms with van der Waals surface area (Å²) in [6.45, 7) is 3.39. The van der Waals surface area contributed by atoms with Gasteiger partial charge in [-0.2, -0.15) is 5.26 Å². The standard InChI is InChI=1S/C21H18N2O2S/c1-21(2,20(24)25)26-19-9-10-23-13-16(19)11-14-7-8-15(12-22)18-6-4-3-5-17(14)18/h3-10,13H,11H2,1-2H3,(H,24,25). The fourth-order valence-electron chi connectivity index (χ4n) is 2.78. The van der Waals surface area contributed by atoms with Crippen molar-refractivity contribution >= 4 is 28.5 Å². The molecule has 1 N–H and O–H groups in total. The van der Waals surface area contributed by atoms with E-state index in [0.29, 0.717) is 12.0 Å². The molecule has 0 atom stereocenters. The van der Waals surface area contributed by atoms with E-state index < -0.39 is 10.7 Å². The maximum atomic E-state index is 11.5. The number of rotatable bonds is 5. The van der Waals surface area contributed by atoms with E-state index in [2.05, 4.69) is 11.1 Å². The van der Waals surface area contributed by atoms with Gasteiger partial charge in [0.25, 0.3) is 0 Å². The van der Waals surface area contributed by atoms with Crippen LogP contribution >= 0.6 is 11.8 Å². The molecule has 0 unspecified atom stereocenters. The summed E-state index contributed by atoms with van der Waals surface area (Å²) in [6, 6.07) is 15.7. The molecular weight excluding hydrogens is 344 g/mol. The number of carboxylic acid groups (broad SMARTS) is 1. The molecule has 1 aromatic heterocycles. The van der Waals surface area contributed by atoms with E-state index in [1.54, 1.807) is 26.2 Å². The van der Waals surface area contributed by atoms with E-state index in [1.807, 2.05) is 42.5 Å². The van der Waals surface area contributed by atoms with Crippen LogP contribution in [0.2, 0.25) is 0 Å². The van der Waals surface area contributed by atoms with Crippen molar-refractivity contribution in [2.75, 3.05) is 0 Å². The van der Waals surface area contributed by atoms with Crippen molar-refractivity contribution in [1.29, 1.82) is 5.26 Å². The Bertz CT molecular complexity index is 1020. The molecule has 0 saturated carbocycles. The lowest BCUT2D eigenvalue weighted by molar-refractivity contribution is -0.138. The van der Waals surface area contributed by atoms with Gasteiger partial charge in [0.1, 0.15) is 4.75 Å². The number of carbonyl (C=O) groups is 1. The predicted molar refractivity (Wildman–Crippen MR) is 103 cm³/mol. The highest BCUT2D eigenvalue weighted by Gasteiger charge is 2.29. The third-order valence-electron chi connectivity index (χ3n) is 4.25. The van der Waals surface area contributed by atoms with E-state index >= 15 is 0 Å².